The third-order valence-corrected chi connectivity index (χ3v) is 3.88. The molecule has 1 aliphatic carbocycles. The van der Waals surface area contributed by atoms with E-state index in [1.807, 2.05) is 6.92 Å². The summed E-state index contributed by atoms with van der Waals surface area (Å²) in [4.78, 5) is 30.3. The number of ketones is 1. The summed E-state index contributed by atoms with van der Waals surface area (Å²) in [6, 6.07) is 5.01. The average Bonchev–Trinajstić information content (AvgIpc) is 3.39. The van der Waals surface area contributed by atoms with Crippen LogP contribution < -0.4 is 4.74 Å². The van der Waals surface area contributed by atoms with Crippen LogP contribution in [0.3, 0.4) is 0 Å². The molecule has 0 saturated heterocycles. The second-order valence-corrected chi connectivity index (χ2v) is 5.77. The Morgan fingerprint density at radius 2 is 2.12 bits per heavy atom. The maximum Gasteiger partial charge on any atom is 0.366 e. The summed E-state index contributed by atoms with van der Waals surface area (Å²) in [5.74, 6) is 1.20. The van der Waals surface area contributed by atoms with Crippen LogP contribution in [0.25, 0.3) is 0 Å². The van der Waals surface area contributed by atoms with Crippen LogP contribution in [0.15, 0.2) is 30.6 Å². The van der Waals surface area contributed by atoms with Gasteiger partial charge in [0.1, 0.15) is 11.5 Å². The van der Waals surface area contributed by atoms with Gasteiger partial charge in [0, 0.05) is 24.6 Å². The Morgan fingerprint density at radius 3 is 2.79 bits per heavy atom. The summed E-state index contributed by atoms with van der Waals surface area (Å²) in [6.45, 7) is 1.82. The van der Waals surface area contributed by atoms with E-state index in [0.717, 1.165) is 12.8 Å². The fourth-order valence-corrected chi connectivity index (χ4v) is 2.44. The number of rotatable bonds is 7. The minimum Gasteiger partial charge on any atom is -0.453 e. The lowest BCUT2D eigenvalue weighted by Gasteiger charge is -2.07. The largest absolute Gasteiger partial charge is 0.453 e. The zero-order valence-electron chi connectivity index (χ0n) is 13.3. The Kier molecular flexibility index (Phi) is 4.50. The first-order valence-corrected chi connectivity index (χ1v) is 7.85. The lowest BCUT2D eigenvalue weighted by atomic mass is 10.1. The SMILES string of the molecule is CCc1cc(Oc2ccnc(CC(=O)C3CC3)c2)cnc1[N+](=O)[O-]. The van der Waals surface area contributed by atoms with Crippen molar-refractivity contribution in [3.05, 3.63) is 52.0 Å². The van der Waals surface area contributed by atoms with Gasteiger partial charge < -0.3 is 14.9 Å². The number of carbonyl (C=O) groups is 1. The van der Waals surface area contributed by atoms with Gasteiger partial charge in [0.2, 0.25) is 0 Å². The van der Waals surface area contributed by atoms with Crippen LogP contribution in [0.5, 0.6) is 11.5 Å². The number of pyridine rings is 2. The van der Waals surface area contributed by atoms with Gasteiger partial charge in [-0.15, -0.1) is 0 Å². The molecule has 124 valence electrons. The zero-order valence-corrected chi connectivity index (χ0v) is 13.3. The molecule has 1 aliphatic rings. The van der Waals surface area contributed by atoms with Crippen LogP contribution in [0.2, 0.25) is 0 Å². The first kappa shape index (κ1) is 16.0. The third-order valence-electron chi connectivity index (χ3n) is 3.88. The number of Topliss-reactive ketones (excluding diaryl/α,β-unsaturated/α-hetero) is 1. The summed E-state index contributed by atoms with van der Waals surface area (Å²) in [7, 11) is 0. The Balaban J connectivity index is 1.75. The minimum absolute atomic E-state index is 0.157. The van der Waals surface area contributed by atoms with Gasteiger partial charge in [-0.1, -0.05) is 6.92 Å². The van der Waals surface area contributed by atoms with Gasteiger partial charge in [0.15, 0.2) is 11.9 Å². The van der Waals surface area contributed by atoms with Gasteiger partial charge in [-0.2, -0.15) is 0 Å². The third kappa shape index (κ3) is 3.73. The summed E-state index contributed by atoms with van der Waals surface area (Å²) >= 11 is 0. The van der Waals surface area contributed by atoms with E-state index in [2.05, 4.69) is 9.97 Å². The minimum atomic E-state index is -0.503. The fourth-order valence-electron chi connectivity index (χ4n) is 2.44. The number of nitrogens with zero attached hydrogens (tertiary/aromatic N) is 3. The zero-order chi connectivity index (χ0) is 17.1. The van der Waals surface area contributed by atoms with Crippen molar-refractivity contribution < 1.29 is 14.5 Å². The van der Waals surface area contributed by atoms with E-state index in [1.54, 1.807) is 24.4 Å². The molecule has 0 atom stereocenters. The lowest BCUT2D eigenvalue weighted by Crippen LogP contribution is -2.06. The van der Waals surface area contributed by atoms with Crippen molar-refractivity contribution in [3.63, 3.8) is 0 Å². The van der Waals surface area contributed by atoms with Crippen LogP contribution in [-0.2, 0) is 17.6 Å². The predicted octanol–water partition coefficient (Wildman–Crippen LogP) is 3.26. The molecule has 0 unspecified atom stereocenters. The summed E-state index contributed by atoms with van der Waals surface area (Å²) < 4.78 is 5.72. The van der Waals surface area contributed by atoms with Crippen LogP contribution >= 0.6 is 0 Å². The number of nitro groups is 1. The van der Waals surface area contributed by atoms with Gasteiger partial charge in [-0.3, -0.25) is 9.78 Å². The van der Waals surface area contributed by atoms with Gasteiger partial charge >= 0.3 is 5.82 Å². The molecule has 2 aromatic heterocycles. The van der Waals surface area contributed by atoms with Gasteiger partial charge in [-0.25, -0.2) is 0 Å². The highest BCUT2D eigenvalue weighted by molar-refractivity contribution is 5.84. The standard InChI is InChI=1S/C17H17N3O4/c1-2-11-7-15(10-19-17(11)20(22)23)24-14-5-6-18-13(8-14)9-16(21)12-3-4-12/h5-8,10,12H,2-4,9H2,1H3. The smallest absolute Gasteiger partial charge is 0.366 e. The van der Waals surface area contributed by atoms with Crippen LogP contribution in [-0.4, -0.2) is 20.7 Å². The molecule has 7 nitrogen and oxygen atoms in total. The summed E-state index contributed by atoms with van der Waals surface area (Å²) in [6.07, 6.45) is 5.66. The maximum atomic E-state index is 11.9. The molecule has 1 fully saturated rings. The molecule has 7 heteroatoms. The van der Waals surface area contributed by atoms with Crippen molar-refractivity contribution in [1.82, 2.24) is 9.97 Å². The second-order valence-electron chi connectivity index (χ2n) is 5.77. The van der Waals surface area contributed by atoms with Crippen LogP contribution in [0, 0.1) is 16.0 Å². The highest BCUT2D eigenvalue weighted by Crippen LogP contribution is 2.31. The Labute approximate surface area is 138 Å². The number of ether oxygens (including phenoxy) is 1. The van der Waals surface area contributed by atoms with Crippen molar-refractivity contribution in [2.75, 3.05) is 0 Å². The van der Waals surface area contributed by atoms with Crippen molar-refractivity contribution in [3.8, 4) is 11.5 Å². The Bertz CT molecular complexity index is 787. The molecule has 0 radical (unpaired) electrons. The second kappa shape index (κ2) is 6.74. The quantitative estimate of drug-likeness (QED) is 0.572. The molecule has 2 heterocycles. The molecular weight excluding hydrogens is 310 g/mol. The number of hydrogen-bond donors (Lipinski definition) is 0. The van der Waals surface area contributed by atoms with Gasteiger partial charge in [0.25, 0.3) is 0 Å². The number of hydrogen-bond acceptors (Lipinski definition) is 6. The normalized spacial score (nSPS) is 13.5. The van der Waals surface area contributed by atoms with Crippen molar-refractivity contribution >= 4 is 11.6 Å². The van der Waals surface area contributed by atoms with E-state index in [1.165, 1.54) is 6.20 Å². The summed E-state index contributed by atoms with van der Waals surface area (Å²) in [5, 5.41) is 10.9. The van der Waals surface area contributed by atoms with Crippen LogP contribution in [0.1, 0.15) is 31.0 Å². The predicted molar refractivity (Wildman–Crippen MR) is 86.0 cm³/mol. The molecule has 1 saturated carbocycles. The summed E-state index contributed by atoms with van der Waals surface area (Å²) in [5.41, 5.74) is 1.17. The maximum absolute atomic E-state index is 11.9. The molecule has 24 heavy (non-hydrogen) atoms. The first-order chi connectivity index (χ1) is 11.6. The Morgan fingerprint density at radius 1 is 1.33 bits per heavy atom. The molecule has 3 rings (SSSR count). The monoisotopic (exact) mass is 327 g/mol. The van der Waals surface area contributed by atoms with Crippen molar-refractivity contribution in [1.29, 1.82) is 0 Å². The molecule has 0 aromatic carbocycles. The van der Waals surface area contributed by atoms with Crippen molar-refractivity contribution in [2.24, 2.45) is 5.92 Å². The van der Waals surface area contributed by atoms with Gasteiger partial charge in [-0.05, 0) is 41.3 Å². The lowest BCUT2D eigenvalue weighted by molar-refractivity contribution is -0.390. The molecule has 0 spiro atoms. The fraction of sp³-hybridized carbons (Fsp3) is 0.353. The molecule has 0 aliphatic heterocycles. The van der Waals surface area contributed by atoms with E-state index in [-0.39, 0.29) is 17.5 Å². The molecule has 0 amide bonds. The molecule has 0 bridgehead atoms. The Hall–Kier alpha value is -2.83. The average molecular weight is 327 g/mol. The number of carbonyl (C=O) groups excluding carboxylic acids is 1. The first-order valence-electron chi connectivity index (χ1n) is 7.85. The highest BCUT2D eigenvalue weighted by atomic mass is 16.6. The van der Waals surface area contributed by atoms with E-state index >= 15 is 0 Å². The van der Waals surface area contributed by atoms with Crippen LogP contribution in [0.4, 0.5) is 5.82 Å². The van der Waals surface area contributed by atoms with E-state index < -0.39 is 4.92 Å². The number of aryl methyl sites for hydroxylation is 1. The molecular formula is C17H17N3O4. The number of aromatic nitrogens is 2. The molecule has 2 aromatic rings. The molecule has 0 N–H and O–H groups in total. The van der Waals surface area contributed by atoms with E-state index in [9.17, 15) is 14.9 Å². The van der Waals surface area contributed by atoms with E-state index in [4.69, 9.17) is 4.74 Å². The van der Waals surface area contributed by atoms with E-state index in [0.29, 0.717) is 35.6 Å². The highest BCUT2D eigenvalue weighted by Gasteiger charge is 2.29. The topological polar surface area (TPSA) is 95.2 Å². The van der Waals surface area contributed by atoms with Crippen molar-refractivity contribution in [2.45, 2.75) is 32.6 Å². The van der Waals surface area contributed by atoms with Gasteiger partial charge in [0.05, 0.1) is 11.3 Å².